The number of nitrogens with zero attached hydrogens (tertiary/aromatic N) is 4. The van der Waals surface area contributed by atoms with E-state index in [-0.39, 0.29) is 11.8 Å². The summed E-state index contributed by atoms with van der Waals surface area (Å²) in [6.45, 7) is 15.5. The van der Waals surface area contributed by atoms with Crippen molar-refractivity contribution >= 4 is 17.7 Å². The first kappa shape index (κ1) is 26.0. The van der Waals surface area contributed by atoms with Crippen LogP contribution >= 0.6 is 0 Å². The summed E-state index contributed by atoms with van der Waals surface area (Å²) < 4.78 is 11.1. The molecule has 198 valence electrons. The second-order valence-electron chi connectivity index (χ2n) is 11.1. The molecule has 3 saturated heterocycles. The summed E-state index contributed by atoms with van der Waals surface area (Å²) in [4.78, 5) is 26.1. The topological polar surface area (TPSA) is 58.1 Å². The Morgan fingerprint density at radius 2 is 1.62 bits per heavy atom. The van der Waals surface area contributed by atoms with Gasteiger partial charge >= 0.3 is 0 Å². The number of ether oxygens (including phenoxy) is 2. The van der Waals surface area contributed by atoms with Gasteiger partial charge in [0.1, 0.15) is 5.82 Å². The molecule has 3 fully saturated rings. The van der Waals surface area contributed by atoms with Crippen LogP contribution in [-0.4, -0.2) is 92.8 Å². The lowest BCUT2D eigenvalue weighted by Gasteiger charge is -2.45. The van der Waals surface area contributed by atoms with Crippen LogP contribution in [0.1, 0.15) is 36.7 Å². The van der Waals surface area contributed by atoms with E-state index >= 15 is 0 Å². The van der Waals surface area contributed by atoms with Crippen LogP contribution in [0.4, 0.5) is 5.82 Å². The molecule has 3 aliphatic rings. The van der Waals surface area contributed by atoms with E-state index in [1.54, 1.807) is 0 Å². The number of aryl methyl sites for hydroxylation is 1. The number of likely N-dealkylation sites (tertiary alicyclic amines) is 1. The molecular weight excluding hydrogens is 464 g/mol. The average Bonchev–Trinajstić information content (AvgIpc) is 2.92. The van der Waals surface area contributed by atoms with Gasteiger partial charge in [-0.25, -0.2) is 4.98 Å². The number of hydrogen-bond acceptors (Lipinski definition) is 7. The number of morpholine rings is 2. The predicted molar refractivity (Wildman–Crippen MR) is 147 cm³/mol. The first-order valence-electron chi connectivity index (χ1n) is 13.6. The number of anilines is 1. The monoisotopic (exact) mass is 504 g/mol. The Morgan fingerprint density at radius 1 is 0.946 bits per heavy atom. The molecule has 0 saturated carbocycles. The molecule has 1 aromatic heterocycles. The number of pyridine rings is 1. The number of Topliss-reactive ketones (excluding diaryl/α,β-unsaturated/α-hetero) is 1. The third kappa shape index (κ3) is 6.12. The molecule has 4 heterocycles. The summed E-state index contributed by atoms with van der Waals surface area (Å²) in [5.74, 6) is 1.15. The van der Waals surface area contributed by atoms with Crippen molar-refractivity contribution in [3.05, 3.63) is 64.9 Å². The van der Waals surface area contributed by atoms with E-state index < -0.39 is 5.41 Å². The molecule has 37 heavy (non-hydrogen) atoms. The molecule has 1 atom stereocenters. The zero-order chi connectivity index (χ0) is 25.8. The second-order valence-corrected chi connectivity index (χ2v) is 11.1. The van der Waals surface area contributed by atoms with E-state index in [4.69, 9.17) is 14.5 Å². The van der Waals surface area contributed by atoms with E-state index in [9.17, 15) is 4.79 Å². The number of hydrogen-bond donors (Lipinski definition) is 0. The Labute approximate surface area is 221 Å². The van der Waals surface area contributed by atoms with Crippen LogP contribution in [0.5, 0.6) is 0 Å². The highest BCUT2D eigenvalue weighted by Gasteiger charge is 2.44. The van der Waals surface area contributed by atoms with Crippen LogP contribution in [0.2, 0.25) is 0 Å². The molecule has 0 aliphatic carbocycles. The van der Waals surface area contributed by atoms with Crippen molar-refractivity contribution in [3.8, 4) is 0 Å². The van der Waals surface area contributed by atoms with E-state index in [0.29, 0.717) is 13.2 Å². The lowest BCUT2D eigenvalue weighted by molar-refractivity contribution is -0.128. The van der Waals surface area contributed by atoms with Crippen LogP contribution < -0.4 is 4.90 Å². The maximum absolute atomic E-state index is 14.0. The van der Waals surface area contributed by atoms with Crippen molar-refractivity contribution in [2.24, 2.45) is 5.41 Å². The van der Waals surface area contributed by atoms with Gasteiger partial charge in [-0.3, -0.25) is 14.6 Å². The smallest absolute Gasteiger partial charge is 0.167 e. The Hall–Kier alpha value is -2.58. The SMILES string of the molecule is Cc1ccc(C2/C(=C/c3cccc(N4CCOCC4)n3)C(=O)C(C)(C)CN2CCN2CCOCC2)cc1. The van der Waals surface area contributed by atoms with Crippen LogP contribution in [0, 0.1) is 12.3 Å². The Balaban J connectivity index is 1.50. The molecule has 7 nitrogen and oxygen atoms in total. The van der Waals surface area contributed by atoms with Gasteiger partial charge in [0.2, 0.25) is 0 Å². The quantitative estimate of drug-likeness (QED) is 0.557. The number of carbonyl (C=O) groups is 1. The predicted octanol–water partition coefficient (Wildman–Crippen LogP) is 3.59. The highest BCUT2D eigenvalue weighted by Crippen LogP contribution is 2.41. The Kier molecular flexibility index (Phi) is 8.05. The van der Waals surface area contributed by atoms with Gasteiger partial charge in [0.15, 0.2) is 5.78 Å². The minimum Gasteiger partial charge on any atom is -0.379 e. The molecule has 0 radical (unpaired) electrons. The molecule has 0 spiro atoms. The number of benzene rings is 1. The first-order chi connectivity index (χ1) is 17.9. The highest BCUT2D eigenvalue weighted by molar-refractivity contribution is 6.05. The fourth-order valence-electron chi connectivity index (χ4n) is 5.62. The van der Waals surface area contributed by atoms with Gasteiger partial charge in [0, 0.05) is 56.8 Å². The molecule has 0 bridgehead atoms. The number of ketones is 1. The van der Waals surface area contributed by atoms with Crippen molar-refractivity contribution in [3.63, 3.8) is 0 Å². The zero-order valence-corrected chi connectivity index (χ0v) is 22.5. The van der Waals surface area contributed by atoms with E-state index in [0.717, 1.165) is 81.7 Å². The lowest BCUT2D eigenvalue weighted by Crippen LogP contribution is -2.51. The molecule has 5 rings (SSSR count). The molecule has 7 heteroatoms. The summed E-state index contributed by atoms with van der Waals surface area (Å²) in [6, 6.07) is 14.7. The van der Waals surface area contributed by atoms with Crippen molar-refractivity contribution in [1.82, 2.24) is 14.8 Å². The summed E-state index contributed by atoms with van der Waals surface area (Å²) in [5, 5.41) is 0. The molecule has 2 aromatic rings. The number of carbonyl (C=O) groups excluding carboxylic acids is 1. The van der Waals surface area contributed by atoms with Crippen molar-refractivity contribution < 1.29 is 14.3 Å². The van der Waals surface area contributed by atoms with Crippen LogP contribution in [-0.2, 0) is 14.3 Å². The zero-order valence-electron chi connectivity index (χ0n) is 22.5. The van der Waals surface area contributed by atoms with Crippen LogP contribution in [0.25, 0.3) is 6.08 Å². The number of rotatable bonds is 6. The van der Waals surface area contributed by atoms with Gasteiger partial charge in [-0.15, -0.1) is 0 Å². The minimum absolute atomic E-state index is 0.101. The maximum Gasteiger partial charge on any atom is 0.167 e. The largest absolute Gasteiger partial charge is 0.379 e. The van der Waals surface area contributed by atoms with Crippen molar-refractivity contribution in [2.45, 2.75) is 26.8 Å². The van der Waals surface area contributed by atoms with Gasteiger partial charge < -0.3 is 14.4 Å². The lowest BCUT2D eigenvalue weighted by atomic mass is 9.74. The number of aromatic nitrogens is 1. The first-order valence-corrected chi connectivity index (χ1v) is 13.6. The van der Waals surface area contributed by atoms with Crippen molar-refractivity contribution in [2.75, 3.05) is 77.1 Å². The summed E-state index contributed by atoms with van der Waals surface area (Å²) in [6.07, 6.45) is 2.04. The molecular formula is C30H40N4O3. The molecule has 0 amide bonds. The van der Waals surface area contributed by atoms with E-state index in [2.05, 4.69) is 59.7 Å². The standard InChI is InChI=1S/C30H40N4O3/c1-23-7-9-24(10-8-23)28-26(21-25-5-4-6-27(31-25)33-15-19-37-20-16-33)29(35)30(2,3)22-34(28)12-11-32-13-17-36-18-14-32/h4-10,21,28H,11-20,22H2,1-3H3/b26-21-. The fourth-order valence-corrected chi connectivity index (χ4v) is 5.62. The maximum atomic E-state index is 14.0. The molecule has 0 N–H and O–H groups in total. The normalized spacial score (nSPS) is 24.5. The third-order valence-electron chi connectivity index (χ3n) is 7.73. The van der Waals surface area contributed by atoms with Crippen LogP contribution in [0.15, 0.2) is 48.0 Å². The second kappa shape index (κ2) is 11.4. The third-order valence-corrected chi connectivity index (χ3v) is 7.73. The number of piperidine rings is 1. The fraction of sp³-hybridized carbons (Fsp3) is 0.533. The van der Waals surface area contributed by atoms with Gasteiger partial charge in [-0.05, 0) is 30.7 Å². The van der Waals surface area contributed by atoms with Crippen molar-refractivity contribution in [1.29, 1.82) is 0 Å². The van der Waals surface area contributed by atoms with Gasteiger partial charge in [0.05, 0.1) is 38.2 Å². The highest BCUT2D eigenvalue weighted by atomic mass is 16.5. The molecule has 1 aromatic carbocycles. The minimum atomic E-state index is -0.472. The Bertz CT molecular complexity index is 1100. The Morgan fingerprint density at radius 3 is 2.32 bits per heavy atom. The van der Waals surface area contributed by atoms with Gasteiger partial charge in [0.25, 0.3) is 0 Å². The average molecular weight is 505 g/mol. The molecule has 3 aliphatic heterocycles. The van der Waals surface area contributed by atoms with E-state index in [1.807, 2.05) is 24.3 Å². The molecule has 1 unspecified atom stereocenters. The van der Waals surface area contributed by atoms with E-state index in [1.165, 1.54) is 5.56 Å². The van der Waals surface area contributed by atoms with Crippen LogP contribution in [0.3, 0.4) is 0 Å². The summed E-state index contributed by atoms with van der Waals surface area (Å²) >= 11 is 0. The summed E-state index contributed by atoms with van der Waals surface area (Å²) in [7, 11) is 0. The van der Waals surface area contributed by atoms with Gasteiger partial charge in [-0.1, -0.05) is 49.7 Å². The summed E-state index contributed by atoms with van der Waals surface area (Å²) in [5.41, 5.74) is 3.56. The van der Waals surface area contributed by atoms with Gasteiger partial charge in [-0.2, -0.15) is 0 Å².